The molecule has 0 radical (unpaired) electrons. The molecule has 240 valence electrons. The lowest BCUT2D eigenvalue weighted by molar-refractivity contribution is -0.139. The Balaban J connectivity index is 1.05. The Hall–Kier alpha value is -2.80. The van der Waals surface area contributed by atoms with Crippen LogP contribution >= 0.6 is 0 Å². The van der Waals surface area contributed by atoms with Crippen LogP contribution in [0.5, 0.6) is 0 Å². The summed E-state index contributed by atoms with van der Waals surface area (Å²) in [6, 6.07) is 0. The first-order chi connectivity index (χ1) is 21.0. The normalized spacial score (nSPS) is 24.8. The van der Waals surface area contributed by atoms with Crippen molar-refractivity contribution < 1.29 is 18.0 Å². The van der Waals surface area contributed by atoms with Crippen LogP contribution in [0, 0.1) is 16.7 Å². The third-order valence-electron chi connectivity index (χ3n) is 11.4. The number of anilines is 1. The van der Waals surface area contributed by atoms with Gasteiger partial charge in [-0.1, -0.05) is 0 Å². The number of piperidine rings is 2. The number of halogens is 3. The number of rotatable bonds is 3. The Bertz CT molecular complexity index is 1370. The molecular weight excluding hydrogens is 571 g/mol. The summed E-state index contributed by atoms with van der Waals surface area (Å²) in [6.07, 6.45) is 5.74. The number of carbonyl (C=O) groups is 1. The molecular formula is C31H44F3N9O. The van der Waals surface area contributed by atoms with Gasteiger partial charge in [-0.3, -0.25) is 4.79 Å². The van der Waals surface area contributed by atoms with E-state index in [1.165, 1.54) is 12.8 Å². The van der Waals surface area contributed by atoms with Crippen LogP contribution in [0.3, 0.4) is 0 Å². The Morgan fingerprint density at radius 2 is 1.50 bits per heavy atom. The van der Waals surface area contributed by atoms with Gasteiger partial charge in [-0.15, -0.1) is 5.10 Å². The van der Waals surface area contributed by atoms with E-state index in [0.717, 1.165) is 77.3 Å². The van der Waals surface area contributed by atoms with Gasteiger partial charge in [0.2, 0.25) is 17.7 Å². The molecule has 0 N–H and O–H groups in total. The fraction of sp³-hybridized carbons (Fsp3) is 0.774. The van der Waals surface area contributed by atoms with E-state index >= 15 is 0 Å². The molecule has 4 fully saturated rings. The van der Waals surface area contributed by atoms with Gasteiger partial charge in [0.05, 0.1) is 13.1 Å². The molecule has 0 aromatic carbocycles. The predicted octanol–water partition coefficient (Wildman–Crippen LogP) is 3.92. The quantitative estimate of drug-likeness (QED) is 0.514. The number of nitrogens with zero attached hydrogens (tertiary/aromatic N) is 9. The third-order valence-corrected chi connectivity index (χ3v) is 11.4. The van der Waals surface area contributed by atoms with Crippen molar-refractivity contribution in [1.29, 1.82) is 0 Å². The van der Waals surface area contributed by atoms with Crippen LogP contribution in [0.25, 0.3) is 11.5 Å². The van der Waals surface area contributed by atoms with Crippen molar-refractivity contribution in [3.63, 3.8) is 0 Å². The van der Waals surface area contributed by atoms with Crippen molar-refractivity contribution >= 4 is 11.9 Å². The number of hydrogen-bond donors (Lipinski definition) is 0. The van der Waals surface area contributed by atoms with Crippen molar-refractivity contribution in [2.45, 2.75) is 77.1 Å². The Morgan fingerprint density at radius 1 is 0.841 bits per heavy atom. The van der Waals surface area contributed by atoms with Crippen LogP contribution < -0.4 is 4.90 Å². The highest BCUT2D eigenvalue weighted by Crippen LogP contribution is 2.47. The average Bonchev–Trinajstić information content (AvgIpc) is 3.61. The monoisotopic (exact) mass is 615 g/mol. The number of likely N-dealkylation sites (tertiary alicyclic amines) is 2. The first-order valence-electron chi connectivity index (χ1n) is 16.3. The number of carbonyl (C=O) groups excluding carboxylic acids is 1. The summed E-state index contributed by atoms with van der Waals surface area (Å²) >= 11 is 0. The van der Waals surface area contributed by atoms with Gasteiger partial charge in [0.15, 0.2) is 0 Å². The van der Waals surface area contributed by atoms with Crippen LogP contribution in [-0.4, -0.2) is 105 Å². The number of aromatic nitrogens is 5. The van der Waals surface area contributed by atoms with E-state index in [4.69, 9.17) is 0 Å². The molecule has 13 heteroatoms. The van der Waals surface area contributed by atoms with Crippen molar-refractivity contribution in [2.24, 2.45) is 16.7 Å². The largest absolute Gasteiger partial charge is 0.420 e. The zero-order valence-electron chi connectivity index (χ0n) is 25.9. The fourth-order valence-corrected chi connectivity index (χ4v) is 8.40. The summed E-state index contributed by atoms with van der Waals surface area (Å²) in [7, 11) is 4.31. The Kier molecular flexibility index (Phi) is 7.62. The number of amides is 1. The van der Waals surface area contributed by atoms with Gasteiger partial charge in [-0.2, -0.15) is 13.2 Å². The van der Waals surface area contributed by atoms with E-state index in [2.05, 4.69) is 43.9 Å². The zero-order valence-corrected chi connectivity index (χ0v) is 25.9. The molecule has 7 rings (SSSR count). The first-order valence-corrected chi connectivity index (χ1v) is 16.3. The minimum absolute atomic E-state index is 0.00351. The van der Waals surface area contributed by atoms with Gasteiger partial charge in [0.25, 0.3) is 0 Å². The maximum atomic E-state index is 14.1. The second-order valence-corrected chi connectivity index (χ2v) is 14.3. The predicted molar refractivity (Wildman–Crippen MR) is 159 cm³/mol. The average molecular weight is 616 g/mol. The van der Waals surface area contributed by atoms with E-state index in [9.17, 15) is 18.0 Å². The van der Waals surface area contributed by atoms with E-state index in [0.29, 0.717) is 43.4 Å². The van der Waals surface area contributed by atoms with Crippen LogP contribution in [0.1, 0.15) is 69.2 Å². The molecule has 6 heterocycles. The van der Waals surface area contributed by atoms with E-state index in [1.807, 2.05) is 9.80 Å². The molecule has 44 heavy (non-hydrogen) atoms. The Morgan fingerprint density at radius 3 is 2.16 bits per heavy atom. The highest BCUT2D eigenvalue weighted by Gasteiger charge is 2.43. The van der Waals surface area contributed by atoms with Gasteiger partial charge < -0.3 is 19.6 Å². The van der Waals surface area contributed by atoms with Crippen molar-refractivity contribution in [1.82, 2.24) is 39.4 Å². The van der Waals surface area contributed by atoms with E-state index in [-0.39, 0.29) is 35.3 Å². The highest BCUT2D eigenvalue weighted by atomic mass is 19.4. The molecule has 5 aliphatic rings. The molecule has 1 aliphatic carbocycles. The van der Waals surface area contributed by atoms with Crippen LogP contribution in [-0.2, 0) is 24.1 Å². The molecule has 0 atom stereocenters. The van der Waals surface area contributed by atoms with E-state index < -0.39 is 11.7 Å². The summed E-state index contributed by atoms with van der Waals surface area (Å²) in [4.78, 5) is 35.3. The second kappa shape index (κ2) is 11.2. The summed E-state index contributed by atoms with van der Waals surface area (Å²) in [6.45, 7) is 6.95. The maximum absolute atomic E-state index is 14.1. The van der Waals surface area contributed by atoms with Gasteiger partial charge >= 0.3 is 6.18 Å². The highest BCUT2D eigenvalue weighted by molar-refractivity contribution is 5.79. The number of fused-ring (bicyclic) bond motifs is 1. The topological polar surface area (TPSA) is 86.5 Å². The molecule has 10 nitrogen and oxygen atoms in total. The minimum Gasteiger partial charge on any atom is -0.341 e. The van der Waals surface area contributed by atoms with Crippen molar-refractivity contribution in [2.75, 3.05) is 64.8 Å². The third kappa shape index (κ3) is 5.70. The fourth-order valence-electron chi connectivity index (χ4n) is 8.40. The second-order valence-electron chi connectivity index (χ2n) is 14.3. The van der Waals surface area contributed by atoms with Gasteiger partial charge in [-0.05, 0) is 102 Å². The Labute approximate surface area is 257 Å². The lowest BCUT2D eigenvalue weighted by atomic mass is 9.65. The molecule has 2 aromatic rings. The molecule has 3 saturated heterocycles. The van der Waals surface area contributed by atoms with Gasteiger partial charge in [0, 0.05) is 38.3 Å². The molecule has 1 saturated carbocycles. The number of hydrogen-bond acceptors (Lipinski definition) is 8. The van der Waals surface area contributed by atoms with Gasteiger partial charge in [-0.25, -0.2) is 19.6 Å². The van der Waals surface area contributed by atoms with Gasteiger partial charge in [0.1, 0.15) is 17.1 Å². The van der Waals surface area contributed by atoms with Crippen molar-refractivity contribution in [3.05, 3.63) is 17.6 Å². The lowest BCUT2D eigenvalue weighted by Crippen LogP contribution is -2.45. The summed E-state index contributed by atoms with van der Waals surface area (Å²) in [5, 5.41) is 4.47. The van der Waals surface area contributed by atoms with Crippen molar-refractivity contribution in [3.8, 4) is 11.5 Å². The molecule has 0 unspecified atom stereocenters. The smallest absolute Gasteiger partial charge is 0.341 e. The number of alkyl halides is 3. The SMILES string of the molecule is CN1CCC2(CCC(C(=O)N3CCn4nc(-c5nc(N6CCC7(CCN(C)C7)CC6)ncc5C(F)(F)F)nc4C3)CC2)CC1. The molecule has 2 aromatic heterocycles. The molecule has 0 bridgehead atoms. The first kappa shape index (κ1) is 29.9. The zero-order chi connectivity index (χ0) is 30.7. The van der Waals surface area contributed by atoms with Crippen LogP contribution in [0.15, 0.2) is 6.20 Å². The van der Waals surface area contributed by atoms with Crippen LogP contribution in [0.4, 0.5) is 19.1 Å². The molecule has 4 aliphatic heterocycles. The summed E-state index contributed by atoms with van der Waals surface area (Å²) < 4.78 is 44.0. The summed E-state index contributed by atoms with van der Waals surface area (Å²) in [5.74, 6) is 0.876. The van der Waals surface area contributed by atoms with E-state index in [1.54, 1.807) is 4.68 Å². The lowest BCUT2D eigenvalue weighted by Gasteiger charge is -2.45. The standard InChI is InChI=1S/C31H44F3N9O/c1-39-12-7-29(8-13-39)5-3-22(4-6-29)27(44)42-17-18-43-24(20-42)36-26(38-43)25-23(31(32,33)34)19-35-28(37-25)41-15-10-30(11-16-41)9-14-40(2)21-30/h19,22H,3-18,20-21H2,1-2H3. The minimum atomic E-state index is -4.64. The van der Waals surface area contributed by atoms with Crippen LogP contribution in [0.2, 0.25) is 0 Å². The maximum Gasteiger partial charge on any atom is 0.420 e. The molecule has 2 spiro atoms. The molecule has 1 amide bonds. The summed E-state index contributed by atoms with van der Waals surface area (Å²) in [5.41, 5.74) is -0.568.